The second-order valence-corrected chi connectivity index (χ2v) is 7.08. The second kappa shape index (κ2) is 7.75. The van der Waals surface area contributed by atoms with Crippen LogP contribution in [-0.4, -0.2) is 51.6 Å². The zero-order valence-corrected chi connectivity index (χ0v) is 15.2. The number of anilines is 1. The van der Waals surface area contributed by atoms with Crippen molar-refractivity contribution in [2.45, 2.75) is 39.0 Å². The molecule has 0 radical (unpaired) electrons. The number of carbonyl (C=O) groups is 1. The van der Waals surface area contributed by atoms with Crippen molar-refractivity contribution in [2.24, 2.45) is 0 Å². The number of hydrogen-bond acceptors (Lipinski definition) is 8. The molecule has 3 heterocycles. The third kappa shape index (κ3) is 4.64. The van der Waals surface area contributed by atoms with Crippen LogP contribution in [0.2, 0.25) is 0 Å². The maximum atomic E-state index is 11.1. The van der Waals surface area contributed by atoms with Crippen LogP contribution in [0.3, 0.4) is 0 Å². The Kier molecular flexibility index (Phi) is 5.44. The molecule has 0 aliphatic carbocycles. The Morgan fingerprint density at radius 2 is 2.08 bits per heavy atom. The Hall–Kier alpha value is -2.26. The number of carbonyl (C=O) groups excluding carboxylic acids is 1. The van der Waals surface area contributed by atoms with Gasteiger partial charge in [0.25, 0.3) is 0 Å². The van der Waals surface area contributed by atoms with E-state index in [9.17, 15) is 4.79 Å². The molecule has 0 bridgehead atoms. The van der Waals surface area contributed by atoms with Gasteiger partial charge in [0, 0.05) is 43.5 Å². The summed E-state index contributed by atoms with van der Waals surface area (Å²) >= 11 is 1.50. The lowest BCUT2D eigenvalue weighted by atomic mass is 10.2. The van der Waals surface area contributed by atoms with E-state index in [1.54, 1.807) is 19.5 Å². The number of nitrogens with one attached hydrogen (secondary N) is 1. The average Bonchev–Trinajstić information content (AvgIpc) is 3.14. The van der Waals surface area contributed by atoms with E-state index in [0.717, 1.165) is 24.4 Å². The van der Waals surface area contributed by atoms with Gasteiger partial charge in [-0.2, -0.15) is 0 Å². The standard InChI is InChI=1S/C16H21N5O3S/c1-10-4-12(24-15-7-17-14(23-3)6-18-15)8-21(10)9-13-5-19-16(25-13)20-11(2)22/h5-7,10,12H,4,8-9H2,1-3H3,(H,19,20,22)/t10-,12+/m0/s1. The third-order valence-corrected chi connectivity index (χ3v) is 4.86. The number of thiazole rings is 1. The topological polar surface area (TPSA) is 89.5 Å². The Labute approximate surface area is 150 Å². The Balaban J connectivity index is 1.55. The SMILES string of the molecule is COc1cnc(O[C@@H]2C[C@H](C)N(Cc3cnc(NC(C)=O)s3)C2)cn1. The van der Waals surface area contributed by atoms with E-state index in [0.29, 0.717) is 22.9 Å². The van der Waals surface area contributed by atoms with Crippen LogP contribution in [0.4, 0.5) is 5.13 Å². The summed E-state index contributed by atoms with van der Waals surface area (Å²) in [6, 6.07) is 0.391. The molecule has 3 rings (SSSR count). The number of rotatable bonds is 6. The molecule has 8 nitrogen and oxygen atoms in total. The van der Waals surface area contributed by atoms with Gasteiger partial charge in [0.05, 0.1) is 19.5 Å². The highest BCUT2D eigenvalue weighted by atomic mass is 32.1. The fraction of sp³-hybridized carbons (Fsp3) is 0.500. The number of hydrogen-bond donors (Lipinski definition) is 1. The van der Waals surface area contributed by atoms with Crippen LogP contribution in [-0.2, 0) is 11.3 Å². The first-order valence-corrected chi connectivity index (χ1v) is 8.84. The molecule has 134 valence electrons. The number of likely N-dealkylation sites (tertiary alicyclic amines) is 1. The van der Waals surface area contributed by atoms with Crippen LogP contribution in [0, 0.1) is 0 Å². The molecule has 1 N–H and O–H groups in total. The van der Waals surface area contributed by atoms with Gasteiger partial charge in [0.2, 0.25) is 17.7 Å². The number of methoxy groups -OCH3 is 1. The highest BCUT2D eigenvalue weighted by Gasteiger charge is 2.31. The molecular weight excluding hydrogens is 342 g/mol. The molecule has 1 aliphatic heterocycles. The highest BCUT2D eigenvalue weighted by molar-refractivity contribution is 7.15. The van der Waals surface area contributed by atoms with Gasteiger partial charge in [-0.25, -0.2) is 15.0 Å². The van der Waals surface area contributed by atoms with Crippen molar-refractivity contribution in [3.63, 3.8) is 0 Å². The molecule has 1 amide bonds. The van der Waals surface area contributed by atoms with Crippen molar-refractivity contribution in [2.75, 3.05) is 19.0 Å². The summed E-state index contributed by atoms with van der Waals surface area (Å²) in [4.78, 5) is 27.1. The Morgan fingerprint density at radius 1 is 1.32 bits per heavy atom. The van der Waals surface area contributed by atoms with Crippen molar-refractivity contribution in [1.29, 1.82) is 0 Å². The summed E-state index contributed by atoms with van der Waals surface area (Å²) in [5.41, 5.74) is 0. The lowest BCUT2D eigenvalue weighted by Crippen LogP contribution is -2.27. The number of ether oxygens (including phenoxy) is 2. The van der Waals surface area contributed by atoms with E-state index in [2.05, 4.69) is 32.1 Å². The lowest BCUT2D eigenvalue weighted by molar-refractivity contribution is -0.114. The van der Waals surface area contributed by atoms with E-state index in [1.807, 2.05) is 6.20 Å². The summed E-state index contributed by atoms with van der Waals surface area (Å²) in [5.74, 6) is 0.865. The van der Waals surface area contributed by atoms with Gasteiger partial charge in [-0.3, -0.25) is 9.69 Å². The average molecular weight is 363 g/mol. The molecule has 2 aromatic rings. The molecule has 0 spiro atoms. The van der Waals surface area contributed by atoms with Crippen molar-refractivity contribution in [1.82, 2.24) is 19.9 Å². The van der Waals surface area contributed by atoms with Crippen LogP contribution < -0.4 is 14.8 Å². The van der Waals surface area contributed by atoms with Crippen LogP contribution in [0.25, 0.3) is 0 Å². The zero-order chi connectivity index (χ0) is 17.8. The summed E-state index contributed by atoms with van der Waals surface area (Å²) < 4.78 is 10.9. The Morgan fingerprint density at radius 3 is 2.76 bits per heavy atom. The van der Waals surface area contributed by atoms with Crippen molar-refractivity contribution >= 4 is 22.4 Å². The molecule has 2 aromatic heterocycles. The van der Waals surface area contributed by atoms with Crippen molar-refractivity contribution in [3.05, 3.63) is 23.5 Å². The second-order valence-electron chi connectivity index (χ2n) is 5.96. The fourth-order valence-corrected chi connectivity index (χ4v) is 3.67. The van der Waals surface area contributed by atoms with Crippen molar-refractivity contribution in [3.8, 4) is 11.8 Å². The molecule has 1 saturated heterocycles. The molecule has 1 fully saturated rings. The number of nitrogens with zero attached hydrogens (tertiary/aromatic N) is 4. The number of aromatic nitrogens is 3. The molecule has 0 unspecified atom stereocenters. The molecule has 0 aromatic carbocycles. The van der Waals surface area contributed by atoms with Crippen LogP contribution >= 0.6 is 11.3 Å². The van der Waals surface area contributed by atoms with Crippen LogP contribution in [0.15, 0.2) is 18.6 Å². The van der Waals surface area contributed by atoms with Crippen molar-refractivity contribution < 1.29 is 14.3 Å². The molecule has 2 atom stereocenters. The summed E-state index contributed by atoms with van der Waals surface area (Å²) in [5, 5.41) is 3.35. The minimum atomic E-state index is -0.107. The lowest BCUT2D eigenvalue weighted by Gasteiger charge is -2.19. The largest absolute Gasteiger partial charge is 0.480 e. The van der Waals surface area contributed by atoms with Gasteiger partial charge >= 0.3 is 0 Å². The van der Waals surface area contributed by atoms with Gasteiger partial charge in [0.1, 0.15) is 6.10 Å². The van der Waals surface area contributed by atoms with Gasteiger partial charge in [-0.05, 0) is 6.92 Å². The van der Waals surface area contributed by atoms with E-state index >= 15 is 0 Å². The monoisotopic (exact) mass is 363 g/mol. The van der Waals surface area contributed by atoms with E-state index in [1.165, 1.54) is 18.3 Å². The molecular formula is C16H21N5O3S. The first kappa shape index (κ1) is 17.6. The maximum absolute atomic E-state index is 11.1. The zero-order valence-electron chi connectivity index (χ0n) is 14.4. The molecule has 9 heteroatoms. The van der Waals surface area contributed by atoms with E-state index < -0.39 is 0 Å². The first-order chi connectivity index (χ1) is 12.0. The van der Waals surface area contributed by atoms with Gasteiger partial charge in [-0.1, -0.05) is 0 Å². The molecule has 25 heavy (non-hydrogen) atoms. The molecule has 1 aliphatic rings. The van der Waals surface area contributed by atoms with Crippen LogP contribution in [0.1, 0.15) is 25.1 Å². The summed E-state index contributed by atoms with van der Waals surface area (Å²) in [6.07, 6.45) is 5.93. The minimum absolute atomic E-state index is 0.0698. The highest BCUT2D eigenvalue weighted by Crippen LogP contribution is 2.26. The van der Waals surface area contributed by atoms with Gasteiger partial charge in [-0.15, -0.1) is 11.3 Å². The smallest absolute Gasteiger partial charge is 0.232 e. The van der Waals surface area contributed by atoms with Crippen LogP contribution in [0.5, 0.6) is 11.8 Å². The fourth-order valence-electron chi connectivity index (χ4n) is 2.78. The minimum Gasteiger partial charge on any atom is -0.480 e. The van der Waals surface area contributed by atoms with Gasteiger partial charge in [0.15, 0.2) is 5.13 Å². The third-order valence-electron chi connectivity index (χ3n) is 3.96. The first-order valence-electron chi connectivity index (χ1n) is 8.02. The predicted molar refractivity (Wildman–Crippen MR) is 93.9 cm³/mol. The normalized spacial score (nSPS) is 20.4. The van der Waals surface area contributed by atoms with E-state index in [4.69, 9.17) is 9.47 Å². The summed E-state index contributed by atoms with van der Waals surface area (Å²) in [7, 11) is 1.55. The Bertz CT molecular complexity index is 721. The summed E-state index contributed by atoms with van der Waals surface area (Å²) in [6.45, 7) is 5.25. The molecule has 0 saturated carbocycles. The van der Waals surface area contributed by atoms with Gasteiger partial charge < -0.3 is 14.8 Å². The number of amides is 1. The quantitative estimate of drug-likeness (QED) is 0.839. The maximum Gasteiger partial charge on any atom is 0.232 e. The van der Waals surface area contributed by atoms with E-state index in [-0.39, 0.29) is 12.0 Å². The predicted octanol–water partition coefficient (Wildman–Crippen LogP) is 1.94.